The maximum Gasteiger partial charge on any atom is 0.426 e. The third kappa shape index (κ3) is 3.37. The topological polar surface area (TPSA) is 101 Å². The second-order valence-electron chi connectivity index (χ2n) is 6.31. The molecule has 0 saturated heterocycles. The SMILES string of the molecule is O=C(NNc1ccc(C(=O)O)cn1)OCC1c2ccccc2-c2ccccc21. The Morgan fingerprint density at radius 2 is 1.61 bits per heavy atom. The third-order valence-corrected chi connectivity index (χ3v) is 4.65. The second kappa shape index (κ2) is 7.40. The van der Waals surface area contributed by atoms with Crippen molar-refractivity contribution in [2.45, 2.75) is 5.92 Å². The predicted octanol–water partition coefficient (Wildman–Crippen LogP) is 3.65. The Morgan fingerprint density at radius 1 is 0.964 bits per heavy atom. The van der Waals surface area contributed by atoms with Crippen LogP contribution in [-0.2, 0) is 4.74 Å². The number of amides is 1. The molecule has 1 amide bonds. The first-order chi connectivity index (χ1) is 13.6. The van der Waals surface area contributed by atoms with Crippen LogP contribution >= 0.6 is 0 Å². The van der Waals surface area contributed by atoms with E-state index in [0.717, 1.165) is 22.3 Å². The minimum Gasteiger partial charge on any atom is -0.478 e. The van der Waals surface area contributed by atoms with Gasteiger partial charge in [-0.15, -0.1) is 0 Å². The van der Waals surface area contributed by atoms with E-state index in [1.165, 1.54) is 18.3 Å². The quantitative estimate of drug-likeness (QED) is 0.589. The smallest absolute Gasteiger partial charge is 0.426 e. The van der Waals surface area contributed by atoms with Gasteiger partial charge in [0.1, 0.15) is 12.4 Å². The van der Waals surface area contributed by atoms with Crippen LogP contribution in [0.4, 0.5) is 10.6 Å². The van der Waals surface area contributed by atoms with Crippen molar-refractivity contribution >= 4 is 17.9 Å². The lowest BCUT2D eigenvalue weighted by Gasteiger charge is -2.15. The van der Waals surface area contributed by atoms with Crippen molar-refractivity contribution in [3.8, 4) is 11.1 Å². The van der Waals surface area contributed by atoms with E-state index in [4.69, 9.17) is 9.84 Å². The number of hydrazine groups is 1. The number of carboxylic acids is 1. The van der Waals surface area contributed by atoms with E-state index in [2.05, 4.69) is 28.0 Å². The number of hydrogen-bond donors (Lipinski definition) is 3. The number of aromatic nitrogens is 1. The molecule has 3 aromatic rings. The third-order valence-electron chi connectivity index (χ3n) is 4.65. The van der Waals surface area contributed by atoms with Gasteiger partial charge in [0.15, 0.2) is 0 Å². The number of benzene rings is 2. The van der Waals surface area contributed by atoms with E-state index in [-0.39, 0.29) is 18.1 Å². The summed E-state index contributed by atoms with van der Waals surface area (Å²) in [7, 11) is 0. The normalized spacial score (nSPS) is 12.0. The standard InChI is InChI=1S/C21H17N3O4/c25-20(26)13-9-10-19(22-11-13)23-24-21(27)28-12-18-16-7-3-1-5-14(16)15-6-2-4-8-17(15)18/h1-11,18H,12H2,(H,22,23)(H,24,27)(H,25,26). The maximum absolute atomic E-state index is 12.1. The Bertz CT molecular complexity index is 988. The van der Waals surface area contributed by atoms with Gasteiger partial charge in [-0.05, 0) is 34.4 Å². The summed E-state index contributed by atoms with van der Waals surface area (Å²) in [5.74, 6) is -0.784. The molecule has 0 fully saturated rings. The van der Waals surface area contributed by atoms with E-state index in [1.807, 2.05) is 36.4 Å². The molecule has 0 atom stereocenters. The molecule has 1 aromatic heterocycles. The summed E-state index contributed by atoms with van der Waals surface area (Å²) in [6.07, 6.45) is 0.551. The number of aromatic carboxylic acids is 1. The van der Waals surface area contributed by atoms with Crippen molar-refractivity contribution in [3.05, 3.63) is 83.6 Å². The molecule has 0 radical (unpaired) electrons. The van der Waals surface area contributed by atoms with E-state index >= 15 is 0 Å². The number of fused-ring (bicyclic) bond motifs is 3. The fourth-order valence-electron chi connectivity index (χ4n) is 3.34. The van der Waals surface area contributed by atoms with Crippen LogP contribution in [0.15, 0.2) is 66.9 Å². The molecule has 1 aliphatic carbocycles. The van der Waals surface area contributed by atoms with Gasteiger partial charge in [-0.2, -0.15) is 0 Å². The number of ether oxygens (including phenoxy) is 1. The molecule has 7 nitrogen and oxygen atoms in total. The van der Waals surface area contributed by atoms with Crippen LogP contribution in [0.3, 0.4) is 0 Å². The van der Waals surface area contributed by atoms with Crippen LogP contribution in [-0.4, -0.2) is 28.8 Å². The summed E-state index contributed by atoms with van der Waals surface area (Å²) in [4.78, 5) is 26.8. The number of carboxylic acid groups (broad SMARTS) is 1. The monoisotopic (exact) mass is 375 g/mol. The van der Waals surface area contributed by atoms with Gasteiger partial charge in [-0.3, -0.25) is 5.43 Å². The molecule has 4 rings (SSSR count). The minimum absolute atomic E-state index is 0.0221. The molecule has 28 heavy (non-hydrogen) atoms. The first kappa shape index (κ1) is 17.5. The highest BCUT2D eigenvalue weighted by Crippen LogP contribution is 2.44. The van der Waals surface area contributed by atoms with E-state index in [9.17, 15) is 9.59 Å². The van der Waals surface area contributed by atoms with Gasteiger partial charge >= 0.3 is 12.1 Å². The number of carbonyl (C=O) groups excluding carboxylic acids is 1. The maximum atomic E-state index is 12.1. The molecule has 0 saturated carbocycles. The summed E-state index contributed by atoms with van der Waals surface area (Å²) in [5, 5.41) is 8.86. The molecular formula is C21H17N3O4. The van der Waals surface area contributed by atoms with Gasteiger partial charge in [-0.25, -0.2) is 20.0 Å². The summed E-state index contributed by atoms with van der Waals surface area (Å²) in [6.45, 7) is 0.201. The van der Waals surface area contributed by atoms with Crippen molar-refractivity contribution in [2.75, 3.05) is 12.0 Å². The Hall–Kier alpha value is -3.87. The van der Waals surface area contributed by atoms with E-state index < -0.39 is 12.1 Å². The van der Waals surface area contributed by atoms with Crippen LogP contribution in [0.25, 0.3) is 11.1 Å². The molecule has 2 aromatic carbocycles. The van der Waals surface area contributed by atoms with Crippen molar-refractivity contribution < 1.29 is 19.4 Å². The molecule has 0 unspecified atom stereocenters. The molecule has 0 bridgehead atoms. The van der Waals surface area contributed by atoms with Gasteiger partial charge in [0, 0.05) is 12.1 Å². The van der Waals surface area contributed by atoms with Crippen LogP contribution < -0.4 is 10.9 Å². The average Bonchev–Trinajstić information content (AvgIpc) is 3.05. The first-order valence-electron chi connectivity index (χ1n) is 8.70. The summed E-state index contributed by atoms with van der Waals surface area (Å²) in [5.41, 5.74) is 9.65. The Morgan fingerprint density at radius 3 is 2.18 bits per heavy atom. The lowest BCUT2D eigenvalue weighted by atomic mass is 9.98. The Kier molecular flexibility index (Phi) is 4.63. The van der Waals surface area contributed by atoms with Gasteiger partial charge < -0.3 is 9.84 Å². The number of nitrogens with one attached hydrogen (secondary N) is 2. The van der Waals surface area contributed by atoms with Crippen molar-refractivity contribution in [3.63, 3.8) is 0 Å². The van der Waals surface area contributed by atoms with Crippen LogP contribution in [0.1, 0.15) is 27.4 Å². The molecule has 7 heteroatoms. The second-order valence-corrected chi connectivity index (χ2v) is 6.31. The minimum atomic E-state index is -1.07. The van der Waals surface area contributed by atoms with Crippen molar-refractivity contribution in [2.24, 2.45) is 0 Å². The van der Waals surface area contributed by atoms with E-state index in [0.29, 0.717) is 5.82 Å². The zero-order valence-electron chi connectivity index (χ0n) is 14.8. The van der Waals surface area contributed by atoms with Gasteiger partial charge in [0.25, 0.3) is 0 Å². The number of pyridine rings is 1. The largest absolute Gasteiger partial charge is 0.478 e. The Labute approximate surface area is 161 Å². The summed E-state index contributed by atoms with van der Waals surface area (Å²) < 4.78 is 5.39. The zero-order chi connectivity index (χ0) is 19.5. The first-order valence-corrected chi connectivity index (χ1v) is 8.70. The lowest BCUT2D eigenvalue weighted by Crippen LogP contribution is -2.31. The molecule has 0 spiro atoms. The van der Waals surface area contributed by atoms with Crippen molar-refractivity contribution in [1.29, 1.82) is 0 Å². The van der Waals surface area contributed by atoms with Crippen molar-refractivity contribution in [1.82, 2.24) is 10.4 Å². The van der Waals surface area contributed by atoms with E-state index in [1.54, 1.807) is 0 Å². The number of carbonyl (C=O) groups is 2. The summed E-state index contributed by atoms with van der Waals surface area (Å²) in [6, 6.07) is 19.0. The van der Waals surface area contributed by atoms with Crippen LogP contribution in [0.2, 0.25) is 0 Å². The molecule has 3 N–H and O–H groups in total. The number of nitrogens with zero attached hydrogens (tertiary/aromatic N) is 1. The average molecular weight is 375 g/mol. The molecule has 1 aliphatic rings. The van der Waals surface area contributed by atoms with Crippen LogP contribution in [0.5, 0.6) is 0 Å². The lowest BCUT2D eigenvalue weighted by molar-refractivity contribution is 0.0696. The molecule has 140 valence electrons. The number of rotatable bonds is 5. The molecule has 0 aliphatic heterocycles. The van der Waals surface area contributed by atoms with Gasteiger partial charge in [0.2, 0.25) is 0 Å². The Balaban J connectivity index is 1.38. The highest BCUT2D eigenvalue weighted by atomic mass is 16.6. The fourth-order valence-corrected chi connectivity index (χ4v) is 3.34. The highest BCUT2D eigenvalue weighted by Gasteiger charge is 2.28. The fraction of sp³-hybridized carbons (Fsp3) is 0.0952. The molecular weight excluding hydrogens is 358 g/mol. The molecule has 1 heterocycles. The number of anilines is 1. The van der Waals surface area contributed by atoms with Gasteiger partial charge in [0.05, 0.1) is 5.56 Å². The van der Waals surface area contributed by atoms with Crippen LogP contribution in [0, 0.1) is 0 Å². The highest BCUT2D eigenvalue weighted by molar-refractivity contribution is 5.87. The van der Waals surface area contributed by atoms with Gasteiger partial charge in [-0.1, -0.05) is 48.5 Å². The number of hydrogen-bond acceptors (Lipinski definition) is 5. The zero-order valence-corrected chi connectivity index (χ0v) is 14.8. The predicted molar refractivity (Wildman–Crippen MR) is 103 cm³/mol. The summed E-state index contributed by atoms with van der Waals surface area (Å²) >= 11 is 0.